The van der Waals surface area contributed by atoms with Crippen LogP contribution in [0.15, 0.2) is 49.9 Å². The maximum absolute atomic E-state index is 13.0. The van der Waals surface area contributed by atoms with E-state index in [4.69, 9.17) is 4.42 Å². The first-order valence-electron chi connectivity index (χ1n) is 8.40. The number of fused-ring (bicyclic) bond motifs is 1. The molecule has 3 aromatic rings. The molecule has 1 aliphatic rings. The van der Waals surface area contributed by atoms with Gasteiger partial charge in [0.15, 0.2) is 10.6 Å². The number of rotatable bonds is 4. The molecule has 0 bridgehead atoms. The van der Waals surface area contributed by atoms with Crippen molar-refractivity contribution in [2.75, 3.05) is 26.2 Å². The molecular formula is C15H17N5O6S2. The monoisotopic (exact) mass is 427 g/mol. The lowest BCUT2D eigenvalue weighted by Crippen LogP contribution is -2.37. The quantitative estimate of drug-likeness (QED) is 0.592. The summed E-state index contributed by atoms with van der Waals surface area (Å²) in [6.07, 6.45) is 2.84. The van der Waals surface area contributed by atoms with Gasteiger partial charge in [0.2, 0.25) is 10.0 Å². The Morgan fingerprint density at radius 3 is 2.39 bits per heavy atom. The summed E-state index contributed by atoms with van der Waals surface area (Å²) >= 11 is 0. The minimum absolute atomic E-state index is 0.00178. The van der Waals surface area contributed by atoms with Gasteiger partial charge in [0.1, 0.15) is 0 Å². The number of nitrogens with zero attached hydrogens (tertiary/aromatic N) is 3. The van der Waals surface area contributed by atoms with Gasteiger partial charge in [-0.25, -0.2) is 26.6 Å². The summed E-state index contributed by atoms with van der Waals surface area (Å²) in [5, 5.41) is -0.0295. The fourth-order valence-corrected chi connectivity index (χ4v) is 5.98. The number of nitrogens with one attached hydrogen (secondary N) is 2. The first kappa shape index (κ1) is 18.9. The molecule has 1 aromatic carbocycles. The molecule has 11 nitrogen and oxygen atoms in total. The first-order chi connectivity index (χ1) is 13.3. The lowest BCUT2D eigenvalue weighted by atomic mass is 10.3. The Balaban J connectivity index is 1.58. The lowest BCUT2D eigenvalue weighted by Gasteiger charge is -2.21. The third kappa shape index (κ3) is 3.26. The van der Waals surface area contributed by atoms with E-state index in [9.17, 15) is 21.6 Å². The SMILES string of the molecule is O=c1[nH]c2cc(S(=O)(=O)N3CCCN(S(=O)(=O)c4cnc[nH]4)CC3)ccc2o1. The van der Waals surface area contributed by atoms with Gasteiger partial charge in [0.25, 0.3) is 10.0 Å². The van der Waals surface area contributed by atoms with E-state index in [2.05, 4.69) is 15.0 Å². The fourth-order valence-electron chi connectivity index (χ4n) is 3.11. The van der Waals surface area contributed by atoms with Crippen LogP contribution in [0.3, 0.4) is 0 Å². The minimum Gasteiger partial charge on any atom is -0.408 e. The maximum atomic E-state index is 13.0. The molecule has 2 aromatic heterocycles. The van der Waals surface area contributed by atoms with Crippen molar-refractivity contribution >= 4 is 31.1 Å². The second kappa shape index (κ2) is 6.84. The van der Waals surface area contributed by atoms with Gasteiger partial charge in [-0.3, -0.25) is 4.98 Å². The summed E-state index contributed by atoms with van der Waals surface area (Å²) in [7, 11) is -7.62. The molecule has 2 N–H and O–H groups in total. The highest BCUT2D eigenvalue weighted by atomic mass is 32.2. The van der Waals surface area contributed by atoms with E-state index in [0.29, 0.717) is 6.42 Å². The van der Waals surface area contributed by atoms with Crippen LogP contribution in [0, 0.1) is 0 Å². The fraction of sp³-hybridized carbons (Fsp3) is 0.333. The predicted octanol–water partition coefficient (Wildman–Crippen LogP) is -0.0705. The highest BCUT2D eigenvalue weighted by Gasteiger charge is 2.32. The highest BCUT2D eigenvalue weighted by molar-refractivity contribution is 7.89. The van der Waals surface area contributed by atoms with Gasteiger partial charge in [0, 0.05) is 26.2 Å². The Labute approximate surface area is 160 Å². The maximum Gasteiger partial charge on any atom is 0.417 e. The molecule has 0 saturated carbocycles. The minimum atomic E-state index is -3.86. The molecule has 4 rings (SSSR count). The van der Waals surface area contributed by atoms with Crippen LogP contribution >= 0.6 is 0 Å². The number of oxazole rings is 1. The van der Waals surface area contributed by atoms with E-state index in [1.165, 1.54) is 39.3 Å². The summed E-state index contributed by atoms with van der Waals surface area (Å²) in [6.45, 7) is 0.403. The third-order valence-corrected chi connectivity index (χ3v) is 8.25. The van der Waals surface area contributed by atoms with Gasteiger partial charge < -0.3 is 9.40 Å². The summed E-state index contributed by atoms with van der Waals surface area (Å²) < 4.78 is 58.6. The van der Waals surface area contributed by atoms with E-state index in [-0.39, 0.29) is 47.2 Å². The molecule has 0 aliphatic carbocycles. The summed E-state index contributed by atoms with van der Waals surface area (Å²) in [5.41, 5.74) is 0.543. The molecule has 150 valence electrons. The molecule has 0 radical (unpaired) electrons. The van der Waals surface area contributed by atoms with Crippen molar-refractivity contribution in [3.05, 3.63) is 41.3 Å². The summed E-state index contributed by atoms with van der Waals surface area (Å²) in [5.74, 6) is -0.668. The lowest BCUT2D eigenvalue weighted by molar-refractivity contribution is 0.403. The zero-order chi connectivity index (χ0) is 19.9. The topological polar surface area (TPSA) is 149 Å². The van der Waals surface area contributed by atoms with Crippen molar-refractivity contribution in [1.29, 1.82) is 0 Å². The molecule has 0 spiro atoms. The van der Waals surface area contributed by atoms with E-state index in [1.807, 2.05) is 0 Å². The molecule has 0 atom stereocenters. The number of aromatic nitrogens is 3. The van der Waals surface area contributed by atoms with Crippen LogP contribution in [-0.2, 0) is 20.0 Å². The Morgan fingerprint density at radius 1 is 1.00 bits per heavy atom. The zero-order valence-electron chi connectivity index (χ0n) is 14.5. The number of H-pyrrole nitrogens is 2. The van der Waals surface area contributed by atoms with E-state index in [0.717, 1.165) is 0 Å². The standard InChI is InChI=1S/C15H17N5O6S2/c21-15-18-12-8-11(2-3-13(12)26-15)27(22,23)19-4-1-5-20(7-6-19)28(24,25)14-9-16-10-17-14/h2-3,8-10H,1,4-7H2,(H,16,17)(H,18,21). The van der Waals surface area contributed by atoms with Gasteiger partial charge in [-0.05, 0) is 24.6 Å². The largest absolute Gasteiger partial charge is 0.417 e. The second-order valence-corrected chi connectivity index (χ2v) is 10.1. The van der Waals surface area contributed by atoms with Gasteiger partial charge in [-0.2, -0.15) is 8.61 Å². The number of sulfonamides is 2. The average Bonchev–Trinajstić information content (AvgIpc) is 3.23. The summed E-state index contributed by atoms with van der Waals surface area (Å²) in [4.78, 5) is 20.0. The van der Waals surface area contributed by atoms with Gasteiger partial charge >= 0.3 is 5.76 Å². The van der Waals surface area contributed by atoms with Crippen LogP contribution in [0.5, 0.6) is 0 Å². The van der Waals surface area contributed by atoms with Crippen molar-refractivity contribution in [2.24, 2.45) is 0 Å². The van der Waals surface area contributed by atoms with Crippen LogP contribution in [0.25, 0.3) is 11.1 Å². The van der Waals surface area contributed by atoms with Crippen LogP contribution < -0.4 is 5.76 Å². The first-order valence-corrected chi connectivity index (χ1v) is 11.3. The molecule has 28 heavy (non-hydrogen) atoms. The molecule has 1 aliphatic heterocycles. The van der Waals surface area contributed by atoms with Crippen LogP contribution in [0.1, 0.15) is 6.42 Å². The van der Waals surface area contributed by atoms with Crippen molar-refractivity contribution in [2.45, 2.75) is 16.3 Å². The van der Waals surface area contributed by atoms with Gasteiger partial charge in [-0.15, -0.1) is 0 Å². The Bertz CT molecular complexity index is 1260. The normalized spacial score (nSPS) is 17.7. The van der Waals surface area contributed by atoms with Crippen molar-refractivity contribution in [1.82, 2.24) is 23.6 Å². The highest BCUT2D eigenvalue weighted by Crippen LogP contribution is 2.23. The molecule has 1 fully saturated rings. The predicted molar refractivity (Wildman–Crippen MR) is 97.6 cm³/mol. The molecular weight excluding hydrogens is 410 g/mol. The molecule has 3 heterocycles. The van der Waals surface area contributed by atoms with Crippen LogP contribution in [0.4, 0.5) is 0 Å². The van der Waals surface area contributed by atoms with Gasteiger partial charge in [-0.1, -0.05) is 0 Å². The number of imidazole rings is 1. The molecule has 1 saturated heterocycles. The Morgan fingerprint density at radius 2 is 1.71 bits per heavy atom. The Hall–Kier alpha value is -2.48. The Kier molecular flexibility index (Phi) is 4.61. The van der Waals surface area contributed by atoms with E-state index in [1.54, 1.807) is 0 Å². The molecule has 0 unspecified atom stereocenters. The van der Waals surface area contributed by atoms with E-state index < -0.39 is 25.8 Å². The summed E-state index contributed by atoms with van der Waals surface area (Å²) in [6, 6.07) is 4.10. The smallest absolute Gasteiger partial charge is 0.408 e. The second-order valence-electron chi connectivity index (χ2n) is 6.25. The molecule has 13 heteroatoms. The molecule has 0 amide bonds. The number of hydrogen-bond donors (Lipinski definition) is 2. The number of aromatic amines is 2. The van der Waals surface area contributed by atoms with Crippen molar-refractivity contribution < 1.29 is 21.3 Å². The van der Waals surface area contributed by atoms with Crippen LogP contribution in [-0.4, -0.2) is 66.6 Å². The van der Waals surface area contributed by atoms with Crippen LogP contribution in [0.2, 0.25) is 0 Å². The zero-order valence-corrected chi connectivity index (χ0v) is 16.2. The average molecular weight is 427 g/mol. The van der Waals surface area contributed by atoms with Crippen molar-refractivity contribution in [3.63, 3.8) is 0 Å². The number of benzene rings is 1. The number of hydrogen-bond acceptors (Lipinski definition) is 7. The van der Waals surface area contributed by atoms with E-state index >= 15 is 0 Å². The van der Waals surface area contributed by atoms with Gasteiger partial charge in [0.05, 0.1) is 22.9 Å². The third-order valence-electron chi connectivity index (χ3n) is 4.53. The van der Waals surface area contributed by atoms with Crippen molar-refractivity contribution in [3.8, 4) is 0 Å².